The lowest BCUT2D eigenvalue weighted by Gasteiger charge is -1.98. The van der Waals surface area contributed by atoms with Crippen molar-refractivity contribution in [3.8, 4) is 0 Å². The third-order valence-electron chi connectivity index (χ3n) is 2.36. The number of non-ortho nitro benzene ring substituents is 1. The van der Waals surface area contributed by atoms with E-state index in [2.05, 4.69) is 0 Å². The summed E-state index contributed by atoms with van der Waals surface area (Å²) in [5.74, 6) is 0. The third-order valence-corrected chi connectivity index (χ3v) is 4.48. The molecule has 0 bridgehead atoms. The van der Waals surface area contributed by atoms with Crippen LogP contribution in [0.25, 0.3) is 6.08 Å². The lowest BCUT2D eigenvalue weighted by Crippen LogP contribution is -1.96. The first-order valence-electron chi connectivity index (χ1n) is 5.19. The van der Waals surface area contributed by atoms with Crippen LogP contribution in [-0.2, 0) is 9.84 Å². The summed E-state index contributed by atoms with van der Waals surface area (Å²) >= 11 is 1.47. The number of thiophene rings is 1. The number of nitro groups is 1. The highest BCUT2D eigenvalue weighted by Gasteiger charge is 2.12. The Hall–Kier alpha value is -1.99. The van der Waals surface area contributed by atoms with Gasteiger partial charge in [0.05, 0.1) is 9.82 Å². The summed E-state index contributed by atoms with van der Waals surface area (Å²) in [6, 6.07) is 6.60. The van der Waals surface area contributed by atoms with E-state index in [0.717, 1.165) is 11.0 Å². The van der Waals surface area contributed by atoms with Crippen LogP contribution in [0.15, 0.2) is 51.4 Å². The van der Waals surface area contributed by atoms with Gasteiger partial charge in [-0.3, -0.25) is 10.1 Å². The molecule has 0 unspecified atom stereocenters. The van der Waals surface area contributed by atoms with Crippen LogP contribution in [0.5, 0.6) is 0 Å². The number of sulfone groups is 1. The Labute approximate surface area is 113 Å². The molecule has 1 heterocycles. The second kappa shape index (κ2) is 5.33. The van der Waals surface area contributed by atoms with Crippen molar-refractivity contribution in [1.29, 1.82) is 0 Å². The molecule has 0 aliphatic heterocycles. The molecule has 0 amide bonds. The molecule has 1 aromatic carbocycles. The zero-order chi connectivity index (χ0) is 13.9. The maximum absolute atomic E-state index is 12.0. The number of nitro benzene ring substituents is 1. The first kappa shape index (κ1) is 13.4. The molecular formula is C12H9NO4S2. The maximum Gasteiger partial charge on any atom is 0.269 e. The summed E-state index contributed by atoms with van der Waals surface area (Å²) in [7, 11) is -3.58. The van der Waals surface area contributed by atoms with E-state index in [0.29, 0.717) is 0 Å². The molecule has 0 spiro atoms. The van der Waals surface area contributed by atoms with Gasteiger partial charge in [-0.25, -0.2) is 8.42 Å². The fourth-order valence-corrected chi connectivity index (χ4v) is 3.01. The zero-order valence-electron chi connectivity index (χ0n) is 9.59. The van der Waals surface area contributed by atoms with Crippen LogP contribution in [0.4, 0.5) is 5.69 Å². The molecule has 0 atom stereocenters. The molecule has 0 fully saturated rings. The fraction of sp³-hybridized carbons (Fsp3) is 0. The van der Waals surface area contributed by atoms with Gasteiger partial charge in [0, 0.05) is 17.5 Å². The van der Waals surface area contributed by atoms with Crippen LogP contribution in [0, 0.1) is 10.1 Å². The summed E-state index contributed by atoms with van der Waals surface area (Å²) in [6.07, 6.45) is 1.49. The zero-order valence-corrected chi connectivity index (χ0v) is 11.2. The predicted molar refractivity (Wildman–Crippen MR) is 73.6 cm³/mol. The lowest BCUT2D eigenvalue weighted by atomic mass is 10.3. The second-order valence-electron chi connectivity index (χ2n) is 3.66. The van der Waals surface area contributed by atoms with E-state index in [9.17, 15) is 18.5 Å². The molecule has 0 saturated heterocycles. The van der Waals surface area contributed by atoms with Gasteiger partial charge < -0.3 is 0 Å². The van der Waals surface area contributed by atoms with Crippen molar-refractivity contribution in [3.05, 3.63) is 62.2 Å². The standard InChI is InChI=1S/C12H9NO4S2/c14-13(15)11-1-3-12(4-2-11)19(16,17)8-6-10-5-7-18-9-10/h1-9H/b8-6+. The maximum atomic E-state index is 12.0. The number of rotatable bonds is 4. The van der Waals surface area contributed by atoms with Crippen molar-refractivity contribution in [1.82, 2.24) is 0 Å². The van der Waals surface area contributed by atoms with Gasteiger partial charge in [0.15, 0.2) is 9.84 Å². The van der Waals surface area contributed by atoms with Gasteiger partial charge in [0.1, 0.15) is 0 Å². The quantitative estimate of drug-likeness (QED) is 0.641. The van der Waals surface area contributed by atoms with Gasteiger partial charge in [-0.1, -0.05) is 0 Å². The topological polar surface area (TPSA) is 77.3 Å². The fourth-order valence-electron chi connectivity index (χ4n) is 1.37. The van der Waals surface area contributed by atoms with E-state index in [4.69, 9.17) is 0 Å². The highest BCUT2D eigenvalue weighted by Crippen LogP contribution is 2.18. The van der Waals surface area contributed by atoms with Crippen LogP contribution in [-0.4, -0.2) is 13.3 Å². The molecule has 0 N–H and O–H groups in total. The Morgan fingerprint density at radius 3 is 2.37 bits per heavy atom. The molecule has 98 valence electrons. The summed E-state index contributed by atoms with van der Waals surface area (Å²) < 4.78 is 23.9. The van der Waals surface area contributed by atoms with Crippen LogP contribution < -0.4 is 0 Å². The third kappa shape index (κ3) is 3.27. The van der Waals surface area contributed by atoms with Crippen molar-refractivity contribution >= 4 is 32.9 Å². The average Bonchev–Trinajstić information content (AvgIpc) is 2.90. The Bertz CT molecular complexity index is 701. The van der Waals surface area contributed by atoms with Gasteiger partial charge >= 0.3 is 0 Å². The Morgan fingerprint density at radius 2 is 1.84 bits per heavy atom. The molecule has 2 aromatic rings. The molecule has 0 saturated carbocycles. The van der Waals surface area contributed by atoms with E-state index < -0.39 is 14.8 Å². The minimum absolute atomic E-state index is 0.0320. The normalized spacial score (nSPS) is 11.8. The van der Waals surface area contributed by atoms with E-state index in [1.54, 1.807) is 6.07 Å². The molecule has 1 aromatic heterocycles. The molecule has 19 heavy (non-hydrogen) atoms. The molecule has 0 radical (unpaired) electrons. The molecule has 2 rings (SSSR count). The lowest BCUT2D eigenvalue weighted by molar-refractivity contribution is -0.384. The van der Waals surface area contributed by atoms with Gasteiger partial charge in [-0.15, -0.1) is 0 Å². The Morgan fingerprint density at radius 1 is 1.16 bits per heavy atom. The Balaban J connectivity index is 2.27. The highest BCUT2D eigenvalue weighted by molar-refractivity contribution is 7.94. The van der Waals surface area contributed by atoms with Gasteiger partial charge in [-0.2, -0.15) is 11.3 Å². The minimum atomic E-state index is -3.58. The van der Waals surface area contributed by atoms with Gasteiger partial charge in [0.25, 0.3) is 5.69 Å². The summed E-state index contributed by atoms with van der Waals surface area (Å²) in [5, 5.41) is 15.2. The van der Waals surface area contributed by atoms with E-state index in [-0.39, 0.29) is 10.6 Å². The van der Waals surface area contributed by atoms with Crippen LogP contribution in [0.1, 0.15) is 5.56 Å². The average molecular weight is 295 g/mol. The van der Waals surface area contributed by atoms with Crippen LogP contribution in [0.2, 0.25) is 0 Å². The van der Waals surface area contributed by atoms with E-state index in [1.807, 2.05) is 10.8 Å². The molecule has 0 aliphatic rings. The summed E-state index contributed by atoms with van der Waals surface area (Å²) in [6.45, 7) is 0. The first-order valence-corrected chi connectivity index (χ1v) is 7.68. The minimum Gasteiger partial charge on any atom is -0.258 e. The van der Waals surface area contributed by atoms with Crippen molar-refractivity contribution in [3.63, 3.8) is 0 Å². The van der Waals surface area contributed by atoms with Crippen LogP contribution >= 0.6 is 11.3 Å². The number of hydrogen-bond acceptors (Lipinski definition) is 5. The number of hydrogen-bond donors (Lipinski definition) is 0. The monoisotopic (exact) mass is 295 g/mol. The SMILES string of the molecule is O=[N+]([O-])c1ccc(S(=O)(=O)/C=C/c2ccsc2)cc1. The van der Waals surface area contributed by atoms with E-state index >= 15 is 0 Å². The predicted octanol–water partition coefficient (Wildman–Crippen LogP) is 3.10. The van der Waals surface area contributed by atoms with Crippen molar-refractivity contribution in [2.24, 2.45) is 0 Å². The second-order valence-corrected chi connectivity index (χ2v) is 6.27. The Kier molecular flexibility index (Phi) is 3.77. The summed E-state index contributed by atoms with van der Waals surface area (Å²) in [5.41, 5.74) is 0.663. The van der Waals surface area contributed by atoms with E-state index in [1.165, 1.54) is 41.7 Å². The first-order chi connectivity index (χ1) is 8.99. The highest BCUT2D eigenvalue weighted by atomic mass is 32.2. The largest absolute Gasteiger partial charge is 0.269 e. The molecule has 0 aliphatic carbocycles. The van der Waals surface area contributed by atoms with Crippen LogP contribution in [0.3, 0.4) is 0 Å². The van der Waals surface area contributed by atoms with Crippen molar-refractivity contribution in [2.75, 3.05) is 0 Å². The van der Waals surface area contributed by atoms with Gasteiger partial charge in [0.2, 0.25) is 0 Å². The number of benzene rings is 1. The molecule has 5 nitrogen and oxygen atoms in total. The summed E-state index contributed by atoms with van der Waals surface area (Å²) in [4.78, 5) is 9.95. The van der Waals surface area contributed by atoms with Crippen molar-refractivity contribution < 1.29 is 13.3 Å². The number of nitrogens with zero attached hydrogens (tertiary/aromatic N) is 1. The molecule has 7 heteroatoms. The smallest absolute Gasteiger partial charge is 0.258 e. The molecular weight excluding hydrogens is 286 g/mol. The van der Waals surface area contributed by atoms with Gasteiger partial charge in [-0.05, 0) is 40.6 Å². The van der Waals surface area contributed by atoms with Crippen molar-refractivity contribution in [2.45, 2.75) is 4.90 Å².